The molecular formula is C11H12Cl2O4. The molecule has 0 unspecified atom stereocenters. The van der Waals surface area contributed by atoms with Crippen molar-refractivity contribution in [2.45, 2.75) is 24.1 Å². The number of carboxylic acid groups (broad SMARTS) is 1. The van der Waals surface area contributed by atoms with E-state index in [2.05, 4.69) is 4.74 Å². The van der Waals surface area contributed by atoms with Gasteiger partial charge in [0.1, 0.15) is 4.84 Å². The van der Waals surface area contributed by atoms with E-state index < -0.39 is 11.0 Å². The molecule has 4 nitrogen and oxygen atoms in total. The lowest BCUT2D eigenvalue weighted by Gasteiger charge is -2.08. The zero-order chi connectivity index (χ0) is 12.8. The van der Waals surface area contributed by atoms with Gasteiger partial charge in [-0.15, -0.1) is 23.2 Å². The number of benzene rings is 1. The minimum Gasteiger partial charge on any atom is -0.504 e. The molecule has 0 aliphatic rings. The van der Waals surface area contributed by atoms with Gasteiger partial charge in [0.25, 0.3) is 0 Å². The summed E-state index contributed by atoms with van der Waals surface area (Å²) < 4.78 is 4.43. The normalized spacial score (nSPS) is 10.5. The van der Waals surface area contributed by atoms with Crippen LogP contribution in [0.1, 0.15) is 18.4 Å². The molecule has 0 amide bonds. The highest BCUT2D eigenvalue weighted by atomic mass is 35.5. The summed E-state index contributed by atoms with van der Waals surface area (Å²) in [6.45, 7) is 0. The summed E-state index contributed by atoms with van der Waals surface area (Å²) in [4.78, 5) is 9.93. The van der Waals surface area contributed by atoms with E-state index in [0.29, 0.717) is 24.8 Å². The minimum atomic E-state index is -1.46. The molecule has 0 radical (unpaired) electrons. The summed E-state index contributed by atoms with van der Waals surface area (Å²) in [6, 6.07) is 4.70. The van der Waals surface area contributed by atoms with Crippen LogP contribution in [0, 0.1) is 0 Å². The van der Waals surface area contributed by atoms with Gasteiger partial charge in [0.2, 0.25) is 0 Å². The molecule has 1 aromatic carbocycles. The number of carbonyl (C=O) groups is 1. The number of aromatic hydroxyl groups is 1. The van der Waals surface area contributed by atoms with Crippen molar-refractivity contribution in [3.63, 3.8) is 0 Å². The van der Waals surface area contributed by atoms with Crippen molar-refractivity contribution in [1.29, 1.82) is 0 Å². The largest absolute Gasteiger partial charge is 0.511 e. The summed E-state index contributed by atoms with van der Waals surface area (Å²) in [6.07, 6.45) is 0.395. The Hall–Kier alpha value is -1.13. The van der Waals surface area contributed by atoms with E-state index in [1.165, 1.54) is 6.07 Å². The van der Waals surface area contributed by atoms with E-state index in [9.17, 15) is 9.90 Å². The molecular weight excluding hydrogens is 267 g/mol. The molecule has 17 heavy (non-hydrogen) atoms. The summed E-state index contributed by atoms with van der Waals surface area (Å²) in [5.41, 5.74) is 0.609. The van der Waals surface area contributed by atoms with Crippen LogP contribution >= 0.6 is 23.2 Å². The van der Waals surface area contributed by atoms with Gasteiger partial charge in [-0.05, 0) is 30.9 Å². The van der Waals surface area contributed by atoms with Crippen molar-refractivity contribution in [3.05, 3.63) is 23.8 Å². The second-order valence-electron chi connectivity index (χ2n) is 3.42. The predicted molar refractivity (Wildman–Crippen MR) is 65.2 cm³/mol. The molecule has 0 heterocycles. The third kappa shape index (κ3) is 4.71. The summed E-state index contributed by atoms with van der Waals surface area (Å²) in [5.74, 6) is -0.223. The molecule has 94 valence electrons. The standard InChI is InChI=1S/C11H12Cl2O4/c12-9(13)6-2-4-7-3-1-5-8(10(7)14)17-11(15)16/h1,3,5,9,14H,2,4,6H2,(H,15,16). The Bertz CT molecular complexity index is 393. The third-order valence-electron chi connectivity index (χ3n) is 2.15. The Morgan fingerprint density at radius 3 is 2.71 bits per heavy atom. The van der Waals surface area contributed by atoms with Crippen LogP contribution in [0.5, 0.6) is 11.5 Å². The average molecular weight is 279 g/mol. The number of ether oxygens (including phenoxy) is 1. The molecule has 0 spiro atoms. The van der Waals surface area contributed by atoms with Crippen LogP contribution in [0.4, 0.5) is 4.79 Å². The van der Waals surface area contributed by atoms with Crippen LogP contribution in [0.3, 0.4) is 0 Å². The topological polar surface area (TPSA) is 66.8 Å². The molecule has 0 saturated heterocycles. The molecule has 1 aromatic rings. The monoisotopic (exact) mass is 278 g/mol. The van der Waals surface area contributed by atoms with Crippen molar-refractivity contribution in [1.82, 2.24) is 0 Å². The number of hydrogen-bond donors (Lipinski definition) is 2. The van der Waals surface area contributed by atoms with Gasteiger partial charge in [0.15, 0.2) is 11.5 Å². The fourth-order valence-corrected chi connectivity index (χ4v) is 1.70. The van der Waals surface area contributed by atoms with E-state index in [4.69, 9.17) is 28.3 Å². The van der Waals surface area contributed by atoms with Gasteiger partial charge in [0.05, 0.1) is 0 Å². The first kappa shape index (κ1) is 13.9. The first-order valence-corrected chi connectivity index (χ1v) is 5.87. The average Bonchev–Trinajstić information content (AvgIpc) is 2.22. The van der Waals surface area contributed by atoms with Crippen LogP contribution in [0.2, 0.25) is 0 Å². The Morgan fingerprint density at radius 2 is 2.12 bits per heavy atom. The molecule has 0 fully saturated rings. The van der Waals surface area contributed by atoms with E-state index in [1.54, 1.807) is 12.1 Å². The van der Waals surface area contributed by atoms with Crippen LogP contribution in [0.15, 0.2) is 18.2 Å². The van der Waals surface area contributed by atoms with E-state index in [1.807, 2.05) is 0 Å². The number of rotatable bonds is 5. The molecule has 0 aromatic heterocycles. The maximum absolute atomic E-state index is 10.4. The molecule has 2 N–H and O–H groups in total. The van der Waals surface area contributed by atoms with Crippen LogP contribution in [0.25, 0.3) is 0 Å². The Morgan fingerprint density at radius 1 is 1.41 bits per heavy atom. The maximum atomic E-state index is 10.4. The van der Waals surface area contributed by atoms with Crippen molar-refractivity contribution in [2.75, 3.05) is 0 Å². The smallest absolute Gasteiger partial charge is 0.504 e. The summed E-state index contributed by atoms with van der Waals surface area (Å²) in [7, 11) is 0. The first-order chi connectivity index (χ1) is 8.00. The van der Waals surface area contributed by atoms with Crippen LogP contribution < -0.4 is 4.74 Å². The van der Waals surface area contributed by atoms with Gasteiger partial charge in [-0.25, -0.2) is 4.79 Å². The van der Waals surface area contributed by atoms with Crippen molar-refractivity contribution in [2.24, 2.45) is 0 Å². The zero-order valence-corrected chi connectivity index (χ0v) is 10.4. The zero-order valence-electron chi connectivity index (χ0n) is 8.90. The lowest BCUT2D eigenvalue weighted by molar-refractivity contribution is 0.143. The Labute approximate surface area is 109 Å². The highest BCUT2D eigenvalue weighted by Crippen LogP contribution is 2.31. The quantitative estimate of drug-likeness (QED) is 0.491. The van der Waals surface area contributed by atoms with Gasteiger partial charge in [-0.2, -0.15) is 0 Å². The number of aryl methyl sites for hydroxylation is 1. The van der Waals surface area contributed by atoms with Gasteiger partial charge in [-0.3, -0.25) is 0 Å². The van der Waals surface area contributed by atoms with Gasteiger partial charge in [-0.1, -0.05) is 12.1 Å². The van der Waals surface area contributed by atoms with Gasteiger partial charge in [0, 0.05) is 0 Å². The number of para-hydroxylation sites is 1. The molecule has 0 atom stereocenters. The van der Waals surface area contributed by atoms with Gasteiger partial charge < -0.3 is 14.9 Å². The number of phenolic OH excluding ortho intramolecular Hbond substituents is 1. The first-order valence-electron chi connectivity index (χ1n) is 5.00. The third-order valence-corrected chi connectivity index (χ3v) is 2.58. The lowest BCUT2D eigenvalue weighted by atomic mass is 10.1. The predicted octanol–water partition coefficient (Wildman–Crippen LogP) is 3.58. The molecule has 0 aliphatic carbocycles. The highest BCUT2D eigenvalue weighted by molar-refractivity contribution is 6.44. The molecule has 6 heteroatoms. The van der Waals surface area contributed by atoms with E-state index in [-0.39, 0.29) is 11.5 Å². The van der Waals surface area contributed by atoms with Crippen molar-refractivity contribution >= 4 is 29.4 Å². The highest BCUT2D eigenvalue weighted by Gasteiger charge is 2.11. The fourth-order valence-electron chi connectivity index (χ4n) is 1.39. The molecule has 0 bridgehead atoms. The van der Waals surface area contributed by atoms with Crippen molar-refractivity contribution in [3.8, 4) is 11.5 Å². The van der Waals surface area contributed by atoms with Crippen LogP contribution in [-0.4, -0.2) is 21.2 Å². The summed E-state index contributed by atoms with van der Waals surface area (Å²) >= 11 is 11.2. The van der Waals surface area contributed by atoms with E-state index >= 15 is 0 Å². The number of alkyl halides is 2. The van der Waals surface area contributed by atoms with Crippen LogP contribution in [-0.2, 0) is 6.42 Å². The molecule has 1 rings (SSSR count). The van der Waals surface area contributed by atoms with Crippen molar-refractivity contribution < 1.29 is 19.7 Å². The minimum absolute atomic E-state index is 0.0664. The number of halogens is 2. The lowest BCUT2D eigenvalue weighted by Crippen LogP contribution is -2.03. The van der Waals surface area contributed by atoms with Gasteiger partial charge >= 0.3 is 6.16 Å². The number of phenols is 1. The molecule has 0 aliphatic heterocycles. The van der Waals surface area contributed by atoms with E-state index in [0.717, 1.165) is 0 Å². The molecule has 0 saturated carbocycles. The Kier molecular flexibility index (Phi) is 5.38. The second-order valence-corrected chi connectivity index (χ2v) is 4.69. The Balaban J connectivity index is 2.69. The summed E-state index contributed by atoms with van der Waals surface area (Å²) in [5, 5.41) is 18.2. The number of hydrogen-bond acceptors (Lipinski definition) is 3. The SMILES string of the molecule is O=C(O)Oc1cccc(CCCC(Cl)Cl)c1O. The maximum Gasteiger partial charge on any atom is 0.511 e. The fraction of sp³-hybridized carbons (Fsp3) is 0.364. The second kappa shape index (κ2) is 6.57.